The monoisotopic (exact) mass is 374 g/mol. The van der Waals surface area contributed by atoms with E-state index in [9.17, 15) is 4.79 Å². The molecule has 1 amide bonds. The summed E-state index contributed by atoms with van der Waals surface area (Å²) in [5, 5.41) is 6.03. The highest BCUT2D eigenvalue weighted by molar-refractivity contribution is 5.89. The second-order valence-corrected chi connectivity index (χ2v) is 6.89. The molecule has 2 N–H and O–H groups in total. The second-order valence-electron chi connectivity index (χ2n) is 6.89. The highest BCUT2D eigenvalue weighted by Crippen LogP contribution is 2.24. The van der Waals surface area contributed by atoms with Gasteiger partial charge in [0, 0.05) is 31.4 Å². The molecule has 1 aromatic heterocycles. The third kappa shape index (κ3) is 3.93. The summed E-state index contributed by atoms with van der Waals surface area (Å²) in [6.45, 7) is 5.12. The number of fused-ring (bicyclic) bond motifs is 1. The van der Waals surface area contributed by atoms with Gasteiger partial charge in [-0.05, 0) is 48.2 Å². The van der Waals surface area contributed by atoms with Gasteiger partial charge in [0.2, 0.25) is 17.8 Å². The average molecular weight is 374 g/mol. The zero-order valence-electron chi connectivity index (χ0n) is 15.9. The number of hydrogen-bond acceptors (Lipinski definition) is 6. The maximum atomic E-state index is 11.2. The van der Waals surface area contributed by atoms with E-state index in [2.05, 4.69) is 54.8 Å². The van der Waals surface area contributed by atoms with Gasteiger partial charge >= 0.3 is 0 Å². The van der Waals surface area contributed by atoms with E-state index in [0.717, 1.165) is 36.4 Å². The van der Waals surface area contributed by atoms with Crippen molar-refractivity contribution in [3.8, 4) is 0 Å². The molecule has 0 radical (unpaired) electrons. The van der Waals surface area contributed by atoms with Crippen LogP contribution in [0.3, 0.4) is 0 Å². The third-order valence-electron chi connectivity index (χ3n) is 4.77. The summed E-state index contributed by atoms with van der Waals surface area (Å²) < 4.78 is 0. The van der Waals surface area contributed by atoms with Gasteiger partial charge in [-0.2, -0.15) is 4.98 Å². The molecule has 3 aromatic rings. The van der Waals surface area contributed by atoms with Crippen LogP contribution < -0.4 is 15.5 Å². The minimum Gasteiger partial charge on any atom is -0.336 e. The van der Waals surface area contributed by atoms with Crippen LogP contribution in [0.2, 0.25) is 0 Å². The van der Waals surface area contributed by atoms with Crippen LogP contribution in [0, 0.1) is 6.92 Å². The first-order chi connectivity index (χ1) is 13.6. The summed E-state index contributed by atoms with van der Waals surface area (Å²) in [7, 11) is 0. The van der Waals surface area contributed by atoms with Gasteiger partial charge in [0.1, 0.15) is 6.33 Å². The quantitative estimate of drug-likeness (QED) is 0.728. The number of nitrogens with zero attached hydrogens (tertiary/aromatic N) is 4. The van der Waals surface area contributed by atoms with Gasteiger partial charge in [-0.15, -0.1) is 0 Å². The maximum absolute atomic E-state index is 11.2. The minimum absolute atomic E-state index is 0.0889. The van der Waals surface area contributed by atoms with Crippen molar-refractivity contribution in [3.05, 3.63) is 65.5 Å². The molecule has 2 heterocycles. The second kappa shape index (κ2) is 7.64. The van der Waals surface area contributed by atoms with Crippen LogP contribution in [0.25, 0.3) is 0 Å². The summed E-state index contributed by atoms with van der Waals surface area (Å²) in [6.07, 6.45) is 2.51. The van der Waals surface area contributed by atoms with Gasteiger partial charge in [-0.1, -0.05) is 24.3 Å². The molecule has 28 heavy (non-hydrogen) atoms. The fourth-order valence-electron chi connectivity index (χ4n) is 3.37. The number of aromatic nitrogens is 3. The van der Waals surface area contributed by atoms with Gasteiger partial charge in [0.05, 0.1) is 0 Å². The summed E-state index contributed by atoms with van der Waals surface area (Å²) in [5.74, 6) is 1.07. The highest BCUT2D eigenvalue weighted by Gasteiger charge is 2.18. The number of hydrogen-bond donors (Lipinski definition) is 2. The molecule has 4 rings (SSSR count). The lowest BCUT2D eigenvalue weighted by Gasteiger charge is -2.28. The lowest BCUT2D eigenvalue weighted by Crippen LogP contribution is -2.31. The van der Waals surface area contributed by atoms with Gasteiger partial charge in [-0.3, -0.25) is 4.79 Å². The van der Waals surface area contributed by atoms with E-state index in [1.807, 2.05) is 25.1 Å². The molecule has 0 fully saturated rings. The summed E-state index contributed by atoms with van der Waals surface area (Å²) in [4.78, 5) is 26.6. The first-order valence-electron chi connectivity index (χ1n) is 9.24. The van der Waals surface area contributed by atoms with E-state index in [4.69, 9.17) is 0 Å². The van der Waals surface area contributed by atoms with E-state index in [1.54, 1.807) is 0 Å². The molecule has 0 unspecified atom stereocenters. The Bertz CT molecular complexity index is 1020. The van der Waals surface area contributed by atoms with E-state index in [0.29, 0.717) is 11.9 Å². The van der Waals surface area contributed by atoms with Crippen LogP contribution in [0.15, 0.2) is 48.8 Å². The van der Waals surface area contributed by atoms with Crippen molar-refractivity contribution in [2.75, 3.05) is 22.1 Å². The van der Waals surface area contributed by atoms with Crippen molar-refractivity contribution in [3.63, 3.8) is 0 Å². The van der Waals surface area contributed by atoms with Crippen LogP contribution in [-0.2, 0) is 17.8 Å². The van der Waals surface area contributed by atoms with Crippen molar-refractivity contribution < 1.29 is 4.79 Å². The van der Waals surface area contributed by atoms with E-state index < -0.39 is 0 Å². The van der Waals surface area contributed by atoms with Crippen LogP contribution >= 0.6 is 0 Å². The van der Waals surface area contributed by atoms with Gasteiger partial charge in [0.15, 0.2) is 0 Å². The molecule has 7 nitrogen and oxygen atoms in total. The number of carbonyl (C=O) groups excluding carboxylic acids is 1. The van der Waals surface area contributed by atoms with E-state index in [1.165, 1.54) is 24.4 Å². The molecule has 2 aromatic carbocycles. The van der Waals surface area contributed by atoms with Gasteiger partial charge < -0.3 is 15.5 Å². The molecule has 0 aliphatic carbocycles. The first kappa shape index (κ1) is 17.9. The van der Waals surface area contributed by atoms with Crippen molar-refractivity contribution in [2.24, 2.45) is 0 Å². The number of carbonyl (C=O) groups is 1. The zero-order chi connectivity index (χ0) is 19.5. The van der Waals surface area contributed by atoms with Crippen LogP contribution in [0.1, 0.15) is 23.6 Å². The normalized spacial score (nSPS) is 13.0. The Morgan fingerprint density at radius 3 is 2.71 bits per heavy atom. The molecule has 1 aliphatic heterocycles. The van der Waals surface area contributed by atoms with E-state index in [-0.39, 0.29) is 5.91 Å². The van der Waals surface area contributed by atoms with Crippen molar-refractivity contribution in [1.82, 2.24) is 15.0 Å². The number of aryl methyl sites for hydroxylation is 1. The fourth-order valence-corrected chi connectivity index (χ4v) is 3.37. The number of amides is 1. The smallest absolute Gasteiger partial charge is 0.231 e. The SMILES string of the molecule is CC(=O)Nc1ccc(Nc2ncnc(N3CCc4ccccc4C3)n2)cc1C. The molecular formula is C21H22N6O. The number of rotatable bonds is 4. The Labute approximate surface area is 163 Å². The predicted octanol–water partition coefficient (Wildman–Crippen LogP) is 3.44. The molecule has 0 atom stereocenters. The summed E-state index contributed by atoms with van der Waals surface area (Å²) in [6, 6.07) is 14.2. The molecule has 7 heteroatoms. The predicted molar refractivity (Wildman–Crippen MR) is 110 cm³/mol. The molecule has 142 valence electrons. The first-order valence-corrected chi connectivity index (χ1v) is 9.24. The molecule has 0 saturated heterocycles. The van der Waals surface area contributed by atoms with Crippen molar-refractivity contribution >= 4 is 29.2 Å². The van der Waals surface area contributed by atoms with Crippen molar-refractivity contribution in [1.29, 1.82) is 0 Å². The maximum Gasteiger partial charge on any atom is 0.231 e. The number of anilines is 4. The standard InChI is InChI=1S/C21H22N6O/c1-14-11-18(7-8-19(14)24-15(2)28)25-20-22-13-23-21(26-20)27-10-9-16-5-3-4-6-17(16)12-27/h3-8,11,13H,9-10,12H2,1-2H3,(H,24,28)(H,22,23,25,26). The Morgan fingerprint density at radius 2 is 1.93 bits per heavy atom. The average Bonchev–Trinajstić information content (AvgIpc) is 2.70. The van der Waals surface area contributed by atoms with Crippen LogP contribution in [0.4, 0.5) is 23.3 Å². The molecule has 0 bridgehead atoms. The summed E-state index contributed by atoms with van der Waals surface area (Å²) in [5.41, 5.74) is 5.31. The molecule has 1 aliphatic rings. The van der Waals surface area contributed by atoms with Crippen LogP contribution in [-0.4, -0.2) is 27.4 Å². The van der Waals surface area contributed by atoms with Crippen molar-refractivity contribution in [2.45, 2.75) is 26.8 Å². The third-order valence-corrected chi connectivity index (χ3v) is 4.77. The fraction of sp³-hybridized carbons (Fsp3) is 0.238. The number of nitrogens with one attached hydrogen (secondary N) is 2. The Kier molecular flexibility index (Phi) is 4.89. The van der Waals surface area contributed by atoms with E-state index >= 15 is 0 Å². The molecular weight excluding hydrogens is 352 g/mol. The Balaban J connectivity index is 1.50. The topological polar surface area (TPSA) is 83.0 Å². The largest absolute Gasteiger partial charge is 0.336 e. The van der Waals surface area contributed by atoms with Crippen LogP contribution in [0.5, 0.6) is 0 Å². The Morgan fingerprint density at radius 1 is 1.11 bits per heavy atom. The summed E-state index contributed by atoms with van der Waals surface area (Å²) >= 11 is 0. The molecule has 0 saturated carbocycles. The van der Waals surface area contributed by atoms with Gasteiger partial charge in [-0.25, -0.2) is 9.97 Å². The lowest BCUT2D eigenvalue weighted by atomic mass is 10.0. The minimum atomic E-state index is -0.0889. The van der Waals surface area contributed by atoms with Gasteiger partial charge in [0.25, 0.3) is 0 Å². The zero-order valence-corrected chi connectivity index (χ0v) is 15.9. The molecule has 0 spiro atoms. The Hall–Kier alpha value is -3.48. The lowest BCUT2D eigenvalue weighted by molar-refractivity contribution is -0.114. The highest BCUT2D eigenvalue weighted by atomic mass is 16.1. The number of benzene rings is 2.